The van der Waals surface area contributed by atoms with Crippen molar-refractivity contribution in [3.8, 4) is 0 Å². The molecule has 0 bridgehead atoms. The summed E-state index contributed by atoms with van der Waals surface area (Å²) < 4.78 is 15.5. The van der Waals surface area contributed by atoms with E-state index in [-0.39, 0.29) is 5.82 Å². The number of aliphatic hydroxyl groups is 1. The first-order valence-corrected chi connectivity index (χ1v) is 6.48. The van der Waals surface area contributed by atoms with E-state index in [1.165, 1.54) is 6.07 Å². The smallest absolute Gasteiger partial charge is 0.131 e. The molecule has 0 aliphatic heterocycles. The Morgan fingerprint density at radius 3 is 2.65 bits per heavy atom. The van der Waals surface area contributed by atoms with Gasteiger partial charge in [0.05, 0.1) is 12.3 Å². The molecule has 0 aliphatic carbocycles. The van der Waals surface area contributed by atoms with Crippen LogP contribution in [0.5, 0.6) is 0 Å². The van der Waals surface area contributed by atoms with Gasteiger partial charge < -0.3 is 5.11 Å². The molecule has 0 spiro atoms. The summed E-state index contributed by atoms with van der Waals surface area (Å²) in [5.41, 5.74) is 1.69. The molecule has 4 heteroatoms. The second kappa shape index (κ2) is 5.06. The molecule has 20 heavy (non-hydrogen) atoms. The van der Waals surface area contributed by atoms with Crippen molar-refractivity contribution >= 4 is 10.8 Å². The molecule has 0 amide bonds. The Morgan fingerprint density at radius 1 is 1.20 bits per heavy atom. The topological polar surface area (TPSA) is 38.0 Å². The van der Waals surface area contributed by atoms with Gasteiger partial charge in [0, 0.05) is 25.1 Å². The highest BCUT2D eigenvalue weighted by atomic mass is 19.1. The minimum atomic E-state index is -0.676. The van der Waals surface area contributed by atoms with Crippen LogP contribution in [0.3, 0.4) is 0 Å². The van der Waals surface area contributed by atoms with Gasteiger partial charge in [-0.3, -0.25) is 4.68 Å². The molecule has 0 radical (unpaired) electrons. The highest BCUT2D eigenvalue weighted by Gasteiger charge is 2.14. The lowest BCUT2D eigenvalue weighted by Crippen LogP contribution is -2.02. The number of hydrogen-bond donors (Lipinski definition) is 1. The quantitative estimate of drug-likeness (QED) is 0.794. The summed E-state index contributed by atoms with van der Waals surface area (Å²) in [6, 6.07) is 10.3. The monoisotopic (exact) mass is 270 g/mol. The Labute approximate surface area is 116 Å². The van der Waals surface area contributed by atoms with E-state index in [0.717, 1.165) is 16.5 Å². The van der Waals surface area contributed by atoms with Crippen LogP contribution in [0.1, 0.15) is 17.2 Å². The van der Waals surface area contributed by atoms with Crippen molar-refractivity contribution in [1.29, 1.82) is 0 Å². The molecule has 3 aromatic rings. The van der Waals surface area contributed by atoms with Gasteiger partial charge in [-0.1, -0.05) is 30.3 Å². The fourth-order valence-electron chi connectivity index (χ4n) is 2.49. The summed E-state index contributed by atoms with van der Waals surface area (Å²) in [5.74, 6) is -0.266. The van der Waals surface area contributed by atoms with E-state index in [1.54, 1.807) is 29.1 Å². The van der Waals surface area contributed by atoms with Crippen molar-refractivity contribution in [2.75, 3.05) is 0 Å². The van der Waals surface area contributed by atoms with Gasteiger partial charge >= 0.3 is 0 Å². The minimum absolute atomic E-state index is 0.266. The van der Waals surface area contributed by atoms with Crippen LogP contribution in [0, 0.1) is 5.82 Å². The van der Waals surface area contributed by atoms with Crippen molar-refractivity contribution < 1.29 is 9.50 Å². The number of hydrogen-bond acceptors (Lipinski definition) is 2. The Kier molecular flexibility index (Phi) is 3.24. The SMILES string of the molecule is Cn1cc(CC(O)c2ccc(F)c3ccccc23)cn1. The maximum atomic E-state index is 13.8. The lowest BCUT2D eigenvalue weighted by atomic mass is 9.97. The van der Waals surface area contributed by atoms with Gasteiger partial charge in [0.1, 0.15) is 5.82 Å². The first kappa shape index (κ1) is 12.8. The van der Waals surface area contributed by atoms with E-state index in [9.17, 15) is 9.50 Å². The zero-order chi connectivity index (χ0) is 14.1. The van der Waals surface area contributed by atoms with E-state index < -0.39 is 6.10 Å². The fourth-order valence-corrected chi connectivity index (χ4v) is 2.49. The van der Waals surface area contributed by atoms with Gasteiger partial charge in [-0.05, 0) is 22.6 Å². The third-order valence-electron chi connectivity index (χ3n) is 3.45. The number of halogens is 1. The molecular weight excluding hydrogens is 255 g/mol. The summed E-state index contributed by atoms with van der Waals surface area (Å²) in [6.45, 7) is 0. The predicted octanol–water partition coefficient (Wildman–Crippen LogP) is 2.99. The summed E-state index contributed by atoms with van der Waals surface area (Å²) in [4.78, 5) is 0. The molecule has 3 nitrogen and oxygen atoms in total. The molecule has 1 N–H and O–H groups in total. The number of rotatable bonds is 3. The van der Waals surface area contributed by atoms with Gasteiger partial charge in [0.25, 0.3) is 0 Å². The Bertz CT molecular complexity index is 751. The highest BCUT2D eigenvalue weighted by molar-refractivity contribution is 5.86. The third kappa shape index (κ3) is 2.30. The molecule has 1 atom stereocenters. The Balaban J connectivity index is 1.99. The van der Waals surface area contributed by atoms with Gasteiger partial charge in [-0.15, -0.1) is 0 Å². The normalized spacial score (nSPS) is 12.8. The summed E-state index contributed by atoms with van der Waals surface area (Å²) in [5, 5.41) is 15.8. The van der Waals surface area contributed by atoms with Crippen molar-refractivity contribution in [1.82, 2.24) is 9.78 Å². The van der Waals surface area contributed by atoms with Crippen molar-refractivity contribution in [2.45, 2.75) is 12.5 Å². The number of aliphatic hydroxyl groups excluding tert-OH is 1. The number of fused-ring (bicyclic) bond motifs is 1. The molecule has 0 fully saturated rings. The Hall–Kier alpha value is -2.20. The molecule has 102 valence electrons. The summed E-state index contributed by atoms with van der Waals surface area (Å²) in [7, 11) is 1.84. The minimum Gasteiger partial charge on any atom is -0.388 e. The van der Waals surface area contributed by atoms with Crippen LogP contribution in [-0.2, 0) is 13.5 Å². The molecule has 1 unspecified atom stereocenters. The fraction of sp³-hybridized carbons (Fsp3) is 0.188. The lowest BCUT2D eigenvalue weighted by molar-refractivity contribution is 0.180. The van der Waals surface area contributed by atoms with Gasteiger partial charge in [0.15, 0.2) is 0 Å². The molecular formula is C16H15FN2O. The average Bonchev–Trinajstić information content (AvgIpc) is 2.84. The van der Waals surface area contributed by atoms with Crippen molar-refractivity contribution in [3.63, 3.8) is 0 Å². The van der Waals surface area contributed by atoms with Crippen LogP contribution in [0.4, 0.5) is 4.39 Å². The van der Waals surface area contributed by atoms with E-state index in [1.807, 2.05) is 25.4 Å². The molecule has 2 aromatic carbocycles. The van der Waals surface area contributed by atoms with Gasteiger partial charge in [-0.25, -0.2) is 4.39 Å². The molecule has 1 heterocycles. The van der Waals surface area contributed by atoms with Gasteiger partial charge in [0.2, 0.25) is 0 Å². The van der Waals surface area contributed by atoms with E-state index in [0.29, 0.717) is 11.8 Å². The van der Waals surface area contributed by atoms with Crippen LogP contribution in [0.15, 0.2) is 48.8 Å². The van der Waals surface area contributed by atoms with E-state index in [2.05, 4.69) is 5.10 Å². The van der Waals surface area contributed by atoms with Crippen LogP contribution in [-0.4, -0.2) is 14.9 Å². The Morgan fingerprint density at radius 2 is 1.95 bits per heavy atom. The summed E-state index contributed by atoms with van der Waals surface area (Å²) in [6.07, 6.45) is 3.39. The van der Waals surface area contributed by atoms with Crippen LogP contribution in [0.2, 0.25) is 0 Å². The van der Waals surface area contributed by atoms with Crippen molar-refractivity contribution in [3.05, 3.63) is 65.7 Å². The number of nitrogens with zero attached hydrogens (tertiary/aromatic N) is 2. The molecule has 0 aliphatic rings. The third-order valence-corrected chi connectivity index (χ3v) is 3.45. The highest BCUT2D eigenvalue weighted by Crippen LogP contribution is 2.28. The van der Waals surface area contributed by atoms with Gasteiger partial charge in [-0.2, -0.15) is 5.10 Å². The maximum Gasteiger partial charge on any atom is 0.131 e. The van der Waals surface area contributed by atoms with E-state index >= 15 is 0 Å². The first-order valence-electron chi connectivity index (χ1n) is 6.48. The van der Waals surface area contributed by atoms with Crippen LogP contribution in [0.25, 0.3) is 10.8 Å². The van der Waals surface area contributed by atoms with Crippen LogP contribution >= 0.6 is 0 Å². The molecule has 3 rings (SSSR count). The van der Waals surface area contributed by atoms with E-state index in [4.69, 9.17) is 0 Å². The second-order valence-electron chi connectivity index (χ2n) is 4.92. The van der Waals surface area contributed by atoms with Crippen molar-refractivity contribution in [2.24, 2.45) is 7.05 Å². The average molecular weight is 270 g/mol. The molecule has 0 saturated heterocycles. The predicted molar refractivity (Wildman–Crippen MR) is 75.8 cm³/mol. The largest absolute Gasteiger partial charge is 0.388 e. The number of aromatic nitrogens is 2. The molecule has 0 saturated carbocycles. The summed E-state index contributed by atoms with van der Waals surface area (Å²) >= 11 is 0. The first-order chi connectivity index (χ1) is 9.65. The lowest BCUT2D eigenvalue weighted by Gasteiger charge is -2.13. The van der Waals surface area contributed by atoms with Crippen LogP contribution < -0.4 is 0 Å². The molecule has 1 aromatic heterocycles. The zero-order valence-electron chi connectivity index (χ0n) is 11.1. The zero-order valence-corrected chi connectivity index (χ0v) is 11.1. The number of aryl methyl sites for hydroxylation is 1. The maximum absolute atomic E-state index is 13.8. The second-order valence-corrected chi connectivity index (χ2v) is 4.92. The number of benzene rings is 2. The standard InChI is InChI=1S/C16H15FN2O/c1-19-10-11(9-18-19)8-16(20)14-6-7-15(17)13-5-3-2-4-12(13)14/h2-7,9-10,16,20H,8H2,1H3.